The molecule has 2 aromatic rings. The van der Waals surface area contributed by atoms with Crippen LogP contribution in [0.1, 0.15) is 45.4 Å². The van der Waals surface area contributed by atoms with E-state index in [1.165, 1.54) is 0 Å². The second-order valence-corrected chi connectivity index (χ2v) is 7.99. The third-order valence-electron chi connectivity index (χ3n) is 4.71. The smallest absolute Gasteiger partial charge is 0.328 e. The van der Waals surface area contributed by atoms with Crippen LogP contribution in [0.15, 0.2) is 34.7 Å². The molecule has 27 heavy (non-hydrogen) atoms. The van der Waals surface area contributed by atoms with Gasteiger partial charge in [0, 0.05) is 11.9 Å². The number of hydrogen-bond acceptors (Lipinski definition) is 6. The maximum atomic E-state index is 12.3. The Morgan fingerprint density at radius 1 is 1.33 bits per heavy atom. The van der Waals surface area contributed by atoms with Gasteiger partial charge in [-0.2, -0.15) is 0 Å². The van der Waals surface area contributed by atoms with Gasteiger partial charge in [-0.05, 0) is 45.7 Å². The van der Waals surface area contributed by atoms with Gasteiger partial charge >= 0.3 is 11.9 Å². The largest absolute Gasteiger partial charge is 0.480 e. The molecule has 1 aliphatic heterocycles. The van der Waals surface area contributed by atoms with Crippen LogP contribution in [0.5, 0.6) is 0 Å². The summed E-state index contributed by atoms with van der Waals surface area (Å²) >= 11 is 0. The highest BCUT2D eigenvalue weighted by Crippen LogP contribution is 2.33. The fourth-order valence-corrected chi connectivity index (χ4v) is 3.50. The number of carbonyl (C=O) groups excluding carboxylic acids is 1. The van der Waals surface area contributed by atoms with E-state index in [9.17, 15) is 14.7 Å². The number of benzene rings is 1. The van der Waals surface area contributed by atoms with Gasteiger partial charge in [-0.25, -0.2) is 0 Å². The van der Waals surface area contributed by atoms with Crippen LogP contribution in [-0.4, -0.2) is 40.3 Å². The highest BCUT2D eigenvalue weighted by atomic mass is 16.6. The SMILES string of the molecule is CC(C)(C)OC(=O)C1CCN(C(C(=O)O)c2cc3ccccc3o2)C(N)C1. The van der Waals surface area contributed by atoms with E-state index in [1.54, 1.807) is 17.0 Å². The molecule has 3 atom stereocenters. The number of esters is 1. The van der Waals surface area contributed by atoms with Crippen LogP contribution in [0.25, 0.3) is 11.0 Å². The van der Waals surface area contributed by atoms with Crippen LogP contribution < -0.4 is 5.73 Å². The molecular weight excluding hydrogens is 348 g/mol. The highest BCUT2D eigenvalue weighted by molar-refractivity contribution is 5.81. The van der Waals surface area contributed by atoms with E-state index < -0.39 is 23.8 Å². The first kappa shape index (κ1) is 19.4. The van der Waals surface area contributed by atoms with E-state index in [-0.39, 0.29) is 11.9 Å². The molecule has 1 aromatic carbocycles. The number of fused-ring (bicyclic) bond motifs is 1. The van der Waals surface area contributed by atoms with Crippen LogP contribution in [0.3, 0.4) is 0 Å². The number of para-hydroxylation sites is 1. The molecule has 0 aliphatic carbocycles. The number of hydrogen-bond donors (Lipinski definition) is 2. The molecule has 146 valence electrons. The van der Waals surface area contributed by atoms with E-state index in [4.69, 9.17) is 14.9 Å². The summed E-state index contributed by atoms with van der Waals surface area (Å²) in [6.07, 6.45) is 0.261. The topological polar surface area (TPSA) is 106 Å². The zero-order valence-electron chi connectivity index (χ0n) is 15.8. The number of carboxylic acid groups (broad SMARTS) is 1. The first-order chi connectivity index (χ1) is 12.7. The monoisotopic (exact) mass is 374 g/mol. The number of nitrogens with zero attached hydrogens (tertiary/aromatic N) is 1. The van der Waals surface area contributed by atoms with E-state index in [0.29, 0.717) is 30.7 Å². The van der Waals surface area contributed by atoms with E-state index in [0.717, 1.165) is 5.39 Å². The standard InChI is InChI=1S/C20H26N2O5/c1-20(2,3)27-19(25)13-8-9-22(16(21)11-13)17(18(23)24)15-10-12-6-4-5-7-14(12)26-15/h4-7,10,13,16-17H,8-9,11,21H2,1-3H3,(H,23,24). The maximum Gasteiger partial charge on any atom is 0.328 e. The average molecular weight is 374 g/mol. The van der Waals surface area contributed by atoms with Crippen molar-refractivity contribution in [2.24, 2.45) is 11.7 Å². The molecule has 2 heterocycles. The molecule has 0 radical (unpaired) electrons. The fourth-order valence-electron chi connectivity index (χ4n) is 3.50. The molecule has 3 N–H and O–H groups in total. The molecule has 7 nitrogen and oxygen atoms in total. The van der Waals surface area contributed by atoms with Crippen LogP contribution >= 0.6 is 0 Å². The van der Waals surface area contributed by atoms with Crippen molar-refractivity contribution in [2.45, 2.75) is 51.4 Å². The lowest BCUT2D eigenvalue weighted by molar-refractivity contribution is -0.163. The van der Waals surface area contributed by atoms with Crippen molar-refractivity contribution in [3.63, 3.8) is 0 Å². The Balaban J connectivity index is 1.78. The molecule has 0 spiro atoms. The number of likely N-dealkylation sites (tertiary alicyclic amines) is 1. The summed E-state index contributed by atoms with van der Waals surface area (Å²) in [5.41, 5.74) is 6.33. The number of furan rings is 1. The minimum absolute atomic E-state index is 0.284. The molecule has 0 amide bonds. The lowest BCUT2D eigenvalue weighted by Crippen LogP contribution is -2.52. The fraction of sp³-hybridized carbons (Fsp3) is 0.500. The molecule has 0 bridgehead atoms. The number of carboxylic acids is 1. The van der Waals surface area contributed by atoms with E-state index in [1.807, 2.05) is 39.0 Å². The van der Waals surface area contributed by atoms with Crippen molar-refractivity contribution >= 4 is 22.9 Å². The van der Waals surface area contributed by atoms with Gasteiger partial charge in [0.25, 0.3) is 0 Å². The van der Waals surface area contributed by atoms with Gasteiger partial charge in [0.15, 0.2) is 6.04 Å². The van der Waals surface area contributed by atoms with Gasteiger partial charge in [0.2, 0.25) is 0 Å². The normalized spacial score (nSPS) is 22.5. The van der Waals surface area contributed by atoms with Gasteiger partial charge in [0.05, 0.1) is 12.1 Å². The minimum atomic E-state index is -1.03. The van der Waals surface area contributed by atoms with Gasteiger partial charge in [-0.1, -0.05) is 18.2 Å². The summed E-state index contributed by atoms with van der Waals surface area (Å²) in [6.45, 7) is 5.84. The number of ether oxygens (including phenoxy) is 1. The molecule has 3 unspecified atom stereocenters. The Bertz CT molecular complexity index is 805. The third-order valence-corrected chi connectivity index (χ3v) is 4.71. The Kier molecular flexibility index (Phi) is 5.26. The minimum Gasteiger partial charge on any atom is -0.480 e. The molecule has 7 heteroatoms. The number of rotatable bonds is 4. The van der Waals surface area contributed by atoms with Crippen molar-refractivity contribution in [3.05, 3.63) is 36.1 Å². The summed E-state index contributed by atoms with van der Waals surface area (Å²) < 4.78 is 11.2. The lowest BCUT2D eigenvalue weighted by Gasteiger charge is -2.39. The molecule has 1 fully saturated rings. The van der Waals surface area contributed by atoms with Crippen molar-refractivity contribution < 1.29 is 23.8 Å². The second kappa shape index (κ2) is 7.32. The predicted molar refractivity (Wildman–Crippen MR) is 99.8 cm³/mol. The molecule has 3 rings (SSSR count). The van der Waals surface area contributed by atoms with Gasteiger partial charge in [-0.3, -0.25) is 14.5 Å². The van der Waals surface area contributed by atoms with Gasteiger partial charge in [-0.15, -0.1) is 0 Å². The second-order valence-electron chi connectivity index (χ2n) is 7.99. The van der Waals surface area contributed by atoms with Crippen LogP contribution in [0, 0.1) is 5.92 Å². The Morgan fingerprint density at radius 3 is 2.63 bits per heavy atom. The summed E-state index contributed by atoms with van der Waals surface area (Å²) in [7, 11) is 0. The molecule has 0 saturated carbocycles. The Hall–Kier alpha value is -2.38. The number of nitrogens with two attached hydrogens (primary N) is 1. The zero-order valence-corrected chi connectivity index (χ0v) is 15.8. The third kappa shape index (κ3) is 4.31. The molecule has 1 aromatic heterocycles. The lowest BCUT2D eigenvalue weighted by atomic mass is 9.92. The van der Waals surface area contributed by atoms with Gasteiger partial charge in [0.1, 0.15) is 16.9 Å². The summed E-state index contributed by atoms with van der Waals surface area (Å²) in [6, 6.07) is 8.12. The quantitative estimate of drug-likeness (QED) is 0.793. The zero-order chi connectivity index (χ0) is 19.8. The Labute approximate surface area is 158 Å². The first-order valence-electron chi connectivity index (χ1n) is 9.11. The van der Waals surface area contributed by atoms with Crippen molar-refractivity contribution in [3.8, 4) is 0 Å². The summed E-state index contributed by atoms with van der Waals surface area (Å²) in [4.78, 5) is 26.0. The highest BCUT2D eigenvalue weighted by Gasteiger charge is 2.40. The number of carbonyl (C=O) groups is 2. The Morgan fingerprint density at radius 2 is 2.04 bits per heavy atom. The average Bonchev–Trinajstić information content (AvgIpc) is 2.98. The summed E-state index contributed by atoms with van der Waals surface area (Å²) in [5, 5.41) is 10.6. The number of piperidine rings is 1. The molecule has 1 saturated heterocycles. The first-order valence-corrected chi connectivity index (χ1v) is 9.11. The maximum absolute atomic E-state index is 12.3. The van der Waals surface area contributed by atoms with E-state index >= 15 is 0 Å². The van der Waals surface area contributed by atoms with Gasteiger partial charge < -0.3 is 20.0 Å². The van der Waals surface area contributed by atoms with E-state index in [2.05, 4.69) is 0 Å². The molecular formula is C20H26N2O5. The van der Waals surface area contributed by atoms with Crippen molar-refractivity contribution in [1.29, 1.82) is 0 Å². The predicted octanol–water partition coefficient (Wildman–Crippen LogP) is 2.90. The summed E-state index contributed by atoms with van der Waals surface area (Å²) in [5.74, 6) is -1.30. The van der Waals surface area contributed by atoms with Crippen LogP contribution in [0.2, 0.25) is 0 Å². The van der Waals surface area contributed by atoms with Crippen molar-refractivity contribution in [2.75, 3.05) is 6.54 Å². The van der Waals surface area contributed by atoms with Crippen LogP contribution in [0.4, 0.5) is 0 Å². The molecule has 1 aliphatic rings. The van der Waals surface area contributed by atoms with Crippen LogP contribution in [-0.2, 0) is 14.3 Å². The number of aliphatic carboxylic acids is 1. The van der Waals surface area contributed by atoms with Crippen molar-refractivity contribution in [1.82, 2.24) is 4.90 Å².